The first-order chi connectivity index (χ1) is 8.81. The van der Waals surface area contributed by atoms with Gasteiger partial charge in [0.25, 0.3) is 0 Å². The molecule has 1 saturated carbocycles. The molecule has 0 bridgehead atoms. The van der Waals surface area contributed by atoms with Crippen LogP contribution in [0, 0.1) is 0 Å². The lowest BCUT2D eigenvalue weighted by molar-refractivity contribution is 0.370. The average Bonchev–Trinajstić information content (AvgIpc) is 2.42. The molecule has 1 fully saturated rings. The average molecular weight is 248 g/mol. The van der Waals surface area contributed by atoms with Gasteiger partial charge in [0.15, 0.2) is 0 Å². The van der Waals surface area contributed by atoms with Crippen molar-refractivity contribution in [2.75, 3.05) is 12.4 Å². The lowest BCUT2D eigenvalue weighted by Crippen LogP contribution is -2.35. The van der Waals surface area contributed by atoms with Crippen LogP contribution < -0.4 is 10.6 Å². The summed E-state index contributed by atoms with van der Waals surface area (Å²) in [7, 11) is 2.05. The highest BCUT2D eigenvalue weighted by Gasteiger charge is 2.20. The molecule has 4 nitrogen and oxygen atoms in total. The molecule has 0 aliphatic heterocycles. The van der Waals surface area contributed by atoms with Crippen LogP contribution in [-0.2, 0) is 6.42 Å². The molecule has 0 aromatic carbocycles. The zero-order valence-electron chi connectivity index (χ0n) is 11.4. The molecular weight excluding hydrogens is 224 g/mol. The van der Waals surface area contributed by atoms with Crippen molar-refractivity contribution < 1.29 is 0 Å². The second kappa shape index (κ2) is 6.69. The standard InChI is InChI=1S/C14H24N4/c1-3-4-11-9-16-14(17-10-11)18-13-7-5-12(15-2)6-8-13/h9-10,12-13,15H,3-8H2,1-2H3,(H,16,17,18). The number of nitrogens with zero attached hydrogens (tertiary/aromatic N) is 2. The van der Waals surface area contributed by atoms with Gasteiger partial charge in [-0.2, -0.15) is 0 Å². The Hall–Kier alpha value is -1.16. The van der Waals surface area contributed by atoms with E-state index in [-0.39, 0.29) is 0 Å². The summed E-state index contributed by atoms with van der Waals surface area (Å²) in [5.74, 6) is 0.780. The lowest BCUT2D eigenvalue weighted by Gasteiger charge is -2.28. The van der Waals surface area contributed by atoms with Gasteiger partial charge in [-0.25, -0.2) is 9.97 Å². The molecule has 0 unspecified atom stereocenters. The first kappa shape index (κ1) is 13.3. The van der Waals surface area contributed by atoms with Crippen LogP contribution >= 0.6 is 0 Å². The second-order valence-electron chi connectivity index (χ2n) is 5.15. The number of hydrogen-bond acceptors (Lipinski definition) is 4. The van der Waals surface area contributed by atoms with Crippen LogP contribution in [0.4, 0.5) is 5.95 Å². The summed E-state index contributed by atoms with van der Waals surface area (Å²) in [6.45, 7) is 2.17. The van der Waals surface area contributed by atoms with Gasteiger partial charge in [0.2, 0.25) is 5.95 Å². The van der Waals surface area contributed by atoms with Crippen LogP contribution in [0.2, 0.25) is 0 Å². The molecule has 100 valence electrons. The lowest BCUT2D eigenvalue weighted by atomic mass is 9.91. The Labute approximate surface area is 110 Å². The third-order valence-electron chi connectivity index (χ3n) is 3.71. The van der Waals surface area contributed by atoms with E-state index in [9.17, 15) is 0 Å². The van der Waals surface area contributed by atoms with Gasteiger partial charge >= 0.3 is 0 Å². The number of anilines is 1. The molecule has 1 aromatic heterocycles. The normalized spacial score (nSPS) is 23.9. The van der Waals surface area contributed by atoms with Gasteiger partial charge in [-0.05, 0) is 44.7 Å². The summed E-state index contributed by atoms with van der Waals surface area (Å²) in [6.07, 6.45) is 11.0. The topological polar surface area (TPSA) is 49.8 Å². The van der Waals surface area contributed by atoms with Crippen molar-refractivity contribution in [1.29, 1.82) is 0 Å². The van der Waals surface area contributed by atoms with Gasteiger partial charge in [0.1, 0.15) is 0 Å². The van der Waals surface area contributed by atoms with Crippen LogP contribution in [0.1, 0.15) is 44.6 Å². The Balaban J connectivity index is 1.82. The van der Waals surface area contributed by atoms with E-state index in [1.807, 2.05) is 19.4 Å². The summed E-state index contributed by atoms with van der Waals surface area (Å²) in [4.78, 5) is 8.79. The van der Waals surface area contributed by atoms with Crippen molar-refractivity contribution in [1.82, 2.24) is 15.3 Å². The molecule has 1 heterocycles. The molecule has 2 N–H and O–H groups in total. The van der Waals surface area contributed by atoms with Gasteiger partial charge in [-0.3, -0.25) is 0 Å². The van der Waals surface area contributed by atoms with Crippen LogP contribution in [-0.4, -0.2) is 29.1 Å². The zero-order valence-corrected chi connectivity index (χ0v) is 11.4. The summed E-state index contributed by atoms with van der Waals surface area (Å²) < 4.78 is 0. The second-order valence-corrected chi connectivity index (χ2v) is 5.15. The molecule has 0 saturated heterocycles. The van der Waals surface area contributed by atoms with Gasteiger partial charge < -0.3 is 10.6 Å². The molecule has 0 radical (unpaired) electrons. The maximum absolute atomic E-state index is 4.39. The fourth-order valence-electron chi connectivity index (χ4n) is 2.56. The number of aryl methyl sites for hydroxylation is 1. The maximum Gasteiger partial charge on any atom is 0.222 e. The molecule has 0 amide bonds. The van der Waals surface area contributed by atoms with E-state index in [1.165, 1.54) is 31.2 Å². The first-order valence-corrected chi connectivity index (χ1v) is 7.06. The van der Waals surface area contributed by atoms with E-state index in [0.717, 1.165) is 18.8 Å². The number of rotatable bonds is 5. The Bertz CT molecular complexity index is 341. The smallest absolute Gasteiger partial charge is 0.222 e. The minimum atomic E-state index is 0.534. The molecule has 1 aromatic rings. The van der Waals surface area contributed by atoms with Crippen LogP contribution in [0.15, 0.2) is 12.4 Å². The molecule has 18 heavy (non-hydrogen) atoms. The fourth-order valence-corrected chi connectivity index (χ4v) is 2.56. The van der Waals surface area contributed by atoms with E-state index >= 15 is 0 Å². The highest BCUT2D eigenvalue weighted by atomic mass is 15.1. The van der Waals surface area contributed by atoms with Crippen molar-refractivity contribution in [3.63, 3.8) is 0 Å². The largest absolute Gasteiger partial charge is 0.351 e. The molecule has 0 spiro atoms. The van der Waals surface area contributed by atoms with Gasteiger partial charge in [0.05, 0.1) is 0 Å². The number of aromatic nitrogens is 2. The maximum atomic E-state index is 4.39. The third-order valence-corrected chi connectivity index (χ3v) is 3.71. The zero-order chi connectivity index (χ0) is 12.8. The summed E-state index contributed by atoms with van der Waals surface area (Å²) in [5.41, 5.74) is 1.22. The van der Waals surface area contributed by atoms with Crippen LogP contribution in [0.3, 0.4) is 0 Å². The number of hydrogen-bond donors (Lipinski definition) is 2. The van der Waals surface area contributed by atoms with E-state index < -0.39 is 0 Å². The van der Waals surface area contributed by atoms with Crippen molar-refractivity contribution in [2.45, 2.75) is 57.5 Å². The minimum Gasteiger partial charge on any atom is -0.351 e. The van der Waals surface area contributed by atoms with Gasteiger partial charge in [-0.1, -0.05) is 13.3 Å². The van der Waals surface area contributed by atoms with Gasteiger partial charge in [0, 0.05) is 24.5 Å². The highest BCUT2D eigenvalue weighted by Crippen LogP contribution is 2.20. The van der Waals surface area contributed by atoms with Crippen molar-refractivity contribution in [3.8, 4) is 0 Å². The SMILES string of the molecule is CCCc1cnc(NC2CCC(NC)CC2)nc1. The fraction of sp³-hybridized carbons (Fsp3) is 0.714. The molecule has 0 atom stereocenters. The van der Waals surface area contributed by atoms with Crippen molar-refractivity contribution >= 4 is 5.95 Å². The molecular formula is C14H24N4. The predicted molar refractivity (Wildman–Crippen MR) is 74.8 cm³/mol. The first-order valence-electron chi connectivity index (χ1n) is 7.06. The summed E-state index contributed by atoms with van der Waals surface area (Å²) in [6, 6.07) is 1.22. The van der Waals surface area contributed by atoms with E-state index in [4.69, 9.17) is 0 Å². The predicted octanol–water partition coefficient (Wildman–Crippen LogP) is 2.37. The van der Waals surface area contributed by atoms with E-state index in [1.54, 1.807) is 0 Å². The Morgan fingerprint density at radius 1 is 1.11 bits per heavy atom. The molecule has 4 heteroatoms. The molecule has 1 aliphatic rings. The minimum absolute atomic E-state index is 0.534. The molecule has 2 rings (SSSR count). The Morgan fingerprint density at radius 2 is 1.72 bits per heavy atom. The van der Waals surface area contributed by atoms with Gasteiger partial charge in [-0.15, -0.1) is 0 Å². The monoisotopic (exact) mass is 248 g/mol. The van der Waals surface area contributed by atoms with Crippen molar-refractivity contribution in [3.05, 3.63) is 18.0 Å². The third kappa shape index (κ3) is 3.67. The summed E-state index contributed by atoms with van der Waals surface area (Å²) >= 11 is 0. The number of nitrogens with one attached hydrogen (secondary N) is 2. The summed E-state index contributed by atoms with van der Waals surface area (Å²) in [5, 5.41) is 6.80. The highest BCUT2D eigenvalue weighted by molar-refractivity contribution is 5.26. The quantitative estimate of drug-likeness (QED) is 0.840. The van der Waals surface area contributed by atoms with Crippen LogP contribution in [0.5, 0.6) is 0 Å². The molecule has 1 aliphatic carbocycles. The van der Waals surface area contributed by atoms with E-state index in [0.29, 0.717) is 12.1 Å². The Morgan fingerprint density at radius 3 is 2.28 bits per heavy atom. The van der Waals surface area contributed by atoms with Crippen molar-refractivity contribution in [2.24, 2.45) is 0 Å². The van der Waals surface area contributed by atoms with E-state index in [2.05, 4.69) is 27.5 Å². The Kier molecular flexibility index (Phi) is 4.93. The van der Waals surface area contributed by atoms with Crippen LogP contribution in [0.25, 0.3) is 0 Å².